The molecule has 50 heavy (non-hydrogen) atoms. The molecule has 0 aromatic heterocycles. The summed E-state index contributed by atoms with van der Waals surface area (Å²) in [6.07, 6.45) is 39.8. The molecule has 8 nitrogen and oxygen atoms in total. The molecule has 0 radical (unpaired) electrons. The van der Waals surface area contributed by atoms with Gasteiger partial charge in [0.2, 0.25) is 0 Å². The van der Waals surface area contributed by atoms with Gasteiger partial charge in [-0.3, -0.25) is 13.8 Å². The van der Waals surface area contributed by atoms with Crippen molar-refractivity contribution in [2.45, 2.75) is 225 Å². The summed E-state index contributed by atoms with van der Waals surface area (Å²) in [4.78, 5) is 22.4. The standard InChI is InChI=1S/C41H84NO7P/c1-3-5-7-9-11-13-15-17-18-19-20-21-22-23-25-27-29-31-33-36-46-38-40(39-48-50(44,45)47-37-35-42)49-41(43)34-32-30-28-26-24-16-14-12-10-8-6-4-2/h40H,3-39,42H2,1-2H3,(H,44,45). The fraction of sp³-hybridized carbons (Fsp3) is 0.976. The highest BCUT2D eigenvalue weighted by Crippen LogP contribution is 2.43. The van der Waals surface area contributed by atoms with E-state index in [1.807, 2.05) is 0 Å². The second-order valence-corrected chi connectivity index (χ2v) is 16.0. The summed E-state index contributed by atoms with van der Waals surface area (Å²) in [5.74, 6) is -0.326. The van der Waals surface area contributed by atoms with Gasteiger partial charge in [0, 0.05) is 19.6 Å². The molecule has 0 heterocycles. The minimum atomic E-state index is -4.26. The smallest absolute Gasteiger partial charge is 0.457 e. The van der Waals surface area contributed by atoms with Crippen LogP contribution in [0.5, 0.6) is 0 Å². The van der Waals surface area contributed by atoms with E-state index in [0.29, 0.717) is 13.0 Å². The van der Waals surface area contributed by atoms with Gasteiger partial charge >= 0.3 is 13.8 Å². The average molecular weight is 734 g/mol. The van der Waals surface area contributed by atoms with Gasteiger partial charge in [0.05, 0.1) is 19.8 Å². The lowest BCUT2D eigenvalue weighted by atomic mass is 10.0. The lowest BCUT2D eigenvalue weighted by Crippen LogP contribution is -2.28. The molecule has 9 heteroatoms. The Labute approximate surface area is 310 Å². The number of carbonyl (C=O) groups is 1. The Hall–Kier alpha value is -0.500. The molecule has 0 aliphatic carbocycles. The Morgan fingerprint density at radius 2 is 0.880 bits per heavy atom. The maximum absolute atomic E-state index is 12.5. The van der Waals surface area contributed by atoms with Crippen LogP contribution in [0, 0.1) is 0 Å². The van der Waals surface area contributed by atoms with Gasteiger partial charge in [-0.2, -0.15) is 0 Å². The Bertz CT molecular complexity index is 742. The molecule has 0 aliphatic rings. The summed E-state index contributed by atoms with van der Waals surface area (Å²) >= 11 is 0. The van der Waals surface area contributed by atoms with E-state index in [-0.39, 0.29) is 32.3 Å². The molecule has 0 saturated carbocycles. The third-order valence-electron chi connectivity index (χ3n) is 9.52. The summed E-state index contributed by atoms with van der Waals surface area (Å²) in [6.45, 7) is 4.97. The Balaban J connectivity index is 3.94. The van der Waals surface area contributed by atoms with Gasteiger partial charge in [0.1, 0.15) is 6.10 Å². The SMILES string of the molecule is CCCCCCCCCCCCCCCCCCCCCOCC(COP(=O)(O)OCCN)OC(=O)CCCCCCCCCCCCCC. The number of esters is 1. The quantitative estimate of drug-likeness (QED) is 0.0362. The minimum Gasteiger partial charge on any atom is -0.457 e. The van der Waals surface area contributed by atoms with Crippen molar-refractivity contribution in [1.29, 1.82) is 0 Å². The monoisotopic (exact) mass is 734 g/mol. The zero-order valence-electron chi connectivity index (χ0n) is 33.2. The summed E-state index contributed by atoms with van der Waals surface area (Å²) in [5, 5.41) is 0. The van der Waals surface area contributed by atoms with Gasteiger partial charge in [-0.15, -0.1) is 0 Å². The summed E-state index contributed by atoms with van der Waals surface area (Å²) in [7, 11) is -4.26. The van der Waals surface area contributed by atoms with Gasteiger partial charge < -0.3 is 20.1 Å². The van der Waals surface area contributed by atoms with Gasteiger partial charge in [-0.1, -0.05) is 200 Å². The first-order valence-corrected chi connectivity index (χ1v) is 23.0. The van der Waals surface area contributed by atoms with Crippen molar-refractivity contribution in [2.24, 2.45) is 5.73 Å². The maximum atomic E-state index is 12.5. The van der Waals surface area contributed by atoms with E-state index in [1.165, 1.54) is 167 Å². The Morgan fingerprint density at radius 1 is 0.520 bits per heavy atom. The molecule has 2 atom stereocenters. The van der Waals surface area contributed by atoms with E-state index in [4.69, 9.17) is 24.3 Å². The van der Waals surface area contributed by atoms with Crippen LogP contribution in [0.2, 0.25) is 0 Å². The first kappa shape index (κ1) is 49.5. The van der Waals surface area contributed by atoms with E-state index >= 15 is 0 Å². The summed E-state index contributed by atoms with van der Waals surface area (Å²) in [5.41, 5.74) is 5.36. The molecule has 0 saturated heterocycles. The number of rotatable bonds is 42. The number of nitrogens with two attached hydrogens (primary N) is 1. The van der Waals surface area contributed by atoms with Crippen LogP contribution in [-0.2, 0) is 27.9 Å². The molecular formula is C41H84NO7P. The van der Waals surface area contributed by atoms with Crippen molar-refractivity contribution in [3.63, 3.8) is 0 Å². The molecule has 0 bridgehead atoms. The maximum Gasteiger partial charge on any atom is 0.472 e. The largest absolute Gasteiger partial charge is 0.472 e. The molecule has 0 amide bonds. The van der Waals surface area contributed by atoms with Gasteiger partial charge in [0.15, 0.2) is 0 Å². The van der Waals surface area contributed by atoms with Crippen LogP contribution in [0.1, 0.15) is 219 Å². The number of unbranched alkanes of at least 4 members (excludes halogenated alkanes) is 29. The number of ether oxygens (including phenoxy) is 2. The van der Waals surface area contributed by atoms with Crippen LogP contribution < -0.4 is 5.73 Å². The highest BCUT2D eigenvalue weighted by molar-refractivity contribution is 7.47. The van der Waals surface area contributed by atoms with Crippen molar-refractivity contribution in [3.05, 3.63) is 0 Å². The van der Waals surface area contributed by atoms with Crippen LogP contribution in [-0.4, -0.2) is 49.9 Å². The van der Waals surface area contributed by atoms with E-state index in [2.05, 4.69) is 13.8 Å². The van der Waals surface area contributed by atoms with E-state index < -0.39 is 13.9 Å². The highest BCUT2D eigenvalue weighted by atomic mass is 31.2. The molecule has 300 valence electrons. The molecular weight excluding hydrogens is 649 g/mol. The molecule has 0 aromatic carbocycles. The normalized spacial score (nSPS) is 13.4. The minimum absolute atomic E-state index is 0.0902. The molecule has 0 fully saturated rings. The van der Waals surface area contributed by atoms with Crippen molar-refractivity contribution < 1.29 is 32.8 Å². The number of carbonyl (C=O) groups excluding carboxylic acids is 1. The molecule has 0 spiro atoms. The average Bonchev–Trinajstić information content (AvgIpc) is 3.10. The third kappa shape index (κ3) is 38.7. The Kier molecular flexibility index (Phi) is 39.3. The van der Waals surface area contributed by atoms with Crippen LogP contribution in [0.4, 0.5) is 0 Å². The van der Waals surface area contributed by atoms with Gasteiger partial charge in [-0.05, 0) is 12.8 Å². The van der Waals surface area contributed by atoms with Crippen LogP contribution in [0.3, 0.4) is 0 Å². The number of phosphoric ester groups is 1. The lowest BCUT2D eigenvalue weighted by molar-refractivity contribution is -0.154. The second kappa shape index (κ2) is 39.7. The number of phosphoric acid groups is 1. The highest BCUT2D eigenvalue weighted by Gasteiger charge is 2.25. The van der Waals surface area contributed by atoms with Crippen molar-refractivity contribution >= 4 is 13.8 Å². The molecule has 0 aromatic rings. The second-order valence-electron chi connectivity index (χ2n) is 14.6. The molecule has 2 unspecified atom stereocenters. The van der Waals surface area contributed by atoms with Crippen LogP contribution >= 0.6 is 7.82 Å². The van der Waals surface area contributed by atoms with Crippen molar-refractivity contribution in [1.82, 2.24) is 0 Å². The van der Waals surface area contributed by atoms with E-state index in [9.17, 15) is 14.3 Å². The zero-order chi connectivity index (χ0) is 36.6. The number of hydrogen-bond acceptors (Lipinski definition) is 7. The predicted molar refractivity (Wildman–Crippen MR) is 211 cm³/mol. The van der Waals surface area contributed by atoms with Crippen molar-refractivity contribution in [2.75, 3.05) is 33.0 Å². The van der Waals surface area contributed by atoms with Crippen LogP contribution in [0.25, 0.3) is 0 Å². The van der Waals surface area contributed by atoms with Gasteiger partial charge in [0.25, 0.3) is 0 Å². The zero-order valence-corrected chi connectivity index (χ0v) is 34.1. The predicted octanol–water partition coefficient (Wildman–Crippen LogP) is 12.5. The summed E-state index contributed by atoms with van der Waals surface area (Å²) in [6, 6.07) is 0. The fourth-order valence-corrected chi connectivity index (χ4v) is 7.12. The fourth-order valence-electron chi connectivity index (χ4n) is 6.35. The first-order chi connectivity index (χ1) is 24.4. The number of hydrogen-bond donors (Lipinski definition) is 2. The van der Waals surface area contributed by atoms with Crippen LogP contribution in [0.15, 0.2) is 0 Å². The topological polar surface area (TPSA) is 117 Å². The van der Waals surface area contributed by atoms with E-state index in [1.54, 1.807) is 0 Å². The summed E-state index contributed by atoms with van der Waals surface area (Å²) < 4.78 is 33.4. The lowest BCUT2D eigenvalue weighted by Gasteiger charge is -2.20. The molecule has 0 rings (SSSR count). The van der Waals surface area contributed by atoms with E-state index in [0.717, 1.165) is 32.1 Å². The Morgan fingerprint density at radius 3 is 1.26 bits per heavy atom. The first-order valence-electron chi connectivity index (χ1n) is 21.5. The molecule has 3 N–H and O–H groups in total. The third-order valence-corrected chi connectivity index (χ3v) is 10.5. The van der Waals surface area contributed by atoms with Gasteiger partial charge in [-0.25, -0.2) is 4.57 Å². The molecule has 0 aliphatic heterocycles. The van der Waals surface area contributed by atoms with Crippen molar-refractivity contribution in [3.8, 4) is 0 Å².